The summed E-state index contributed by atoms with van der Waals surface area (Å²) in [6.45, 7) is 10.4. The first-order valence-electron chi connectivity index (χ1n) is 8.78. The minimum atomic E-state index is 0.536. The van der Waals surface area contributed by atoms with Crippen molar-refractivity contribution in [3.05, 3.63) is 96.1 Å². The van der Waals surface area contributed by atoms with Gasteiger partial charge < -0.3 is 4.90 Å². The lowest BCUT2D eigenvalue weighted by Crippen LogP contribution is -2.10. The first-order valence-corrected chi connectivity index (χ1v) is 8.78. The van der Waals surface area contributed by atoms with Crippen LogP contribution >= 0.6 is 0 Å². The molecule has 0 amide bonds. The Bertz CT molecular complexity index is 825. The lowest BCUT2D eigenvalue weighted by Gasteiger charge is -2.26. The number of aryl methyl sites for hydroxylation is 1. The van der Waals surface area contributed by atoms with E-state index in [4.69, 9.17) is 0 Å². The third kappa shape index (κ3) is 3.83. The largest absolute Gasteiger partial charge is 0.311 e. The Hall–Kier alpha value is -2.80. The van der Waals surface area contributed by atoms with Gasteiger partial charge in [-0.05, 0) is 60.4 Å². The summed E-state index contributed by atoms with van der Waals surface area (Å²) < 4.78 is 0. The maximum Gasteiger partial charge on any atom is 0.0462 e. The first kappa shape index (κ1) is 17.0. The normalized spacial score (nSPS) is 10.7. The molecule has 0 spiro atoms. The minimum absolute atomic E-state index is 0.536. The minimum Gasteiger partial charge on any atom is -0.311 e. The van der Waals surface area contributed by atoms with Crippen molar-refractivity contribution in [2.24, 2.45) is 0 Å². The van der Waals surface area contributed by atoms with Crippen LogP contribution in [0.4, 0.5) is 17.1 Å². The second kappa shape index (κ2) is 7.40. The van der Waals surface area contributed by atoms with Crippen molar-refractivity contribution >= 4 is 23.1 Å². The maximum absolute atomic E-state index is 3.84. The molecule has 0 aliphatic carbocycles. The highest BCUT2D eigenvalue weighted by molar-refractivity contribution is 5.77. The molecule has 0 saturated carbocycles. The number of hydrogen-bond donors (Lipinski definition) is 0. The molecular weight excluding hydrogens is 302 g/mol. The summed E-state index contributed by atoms with van der Waals surface area (Å²) in [7, 11) is 0. The van der Waals surface area contributed by atoms with Crippen LogP contribution in [0.1, 0.15) is 36.5 Å². The van der Waals surface area contributed by atoms with Crippen LogP contribution in [-0.4, -0.2) is 0 Å². The van der Waals surface area contributed by atoms with Gasteiger partial charge in [-0.3, -0.25) is 0 Å². The zero-order valence-corrected chi connectivity index (χ0v) is 15.2. The van der Waals surface area contributed by atoms with Gasteiger partial charge in [0.2, 0.25) is 0 Å². The van der Waals surface area contributed by atoms with Crippen LogP contribution in [0.25, 0.3) is 6.08 Å². The summed E-state index contributed by atoms with van der Waals surface area (Å²) in [5, 5.41) is 0. The van der Waals surface area contributed by atoms with Crippen molar-refractivity contribution in [2.75, 3.05) is 4.90 Å². The zero-order valence-electron chi connectivity index (χ0n) is 15.2. The monoisotopic (exact) mass is 327 g/mol. The molecule has 3 aromatic carbocycles. The van der Waals surface area contributed by atoms with Crippen LogP contribution in [0.15, 0.2) is 79.4 Å². The van der Waals surface area contributed by atoms with Crippen molar-refractivity contribution in [1.82, 2.24) is 0 Å². The van der Waals surface area contributed by atoms with Gasteiger partial charge in [-0.15, -0.1) is 0 Å². The van der Waals surface area contributed by atoms with E-state index in [9.17, 15) is 0 Å². The molecule has 1 nitrogen and oxygen atoms in total. The highest BCUT2D eigenvalue weighted by atomic mass is 15.1. The molecule has 0 aliphatic heterocycles. The van der Waals surface area contributed by atoms with Gasteiger partial charge in [0.05, 0.1) is 0 Å². The molecule has 126 valence electrons. The maximum atomic E-state index is 3.84. The van der Waals surface area contributed by atoms with Crippen LogP contribution in [0.3, 0.4) is 0 Å². The van der Waals surface area contributed by atoms with E-state index in [1.54, 1.807) is 0 Å². The Balaban J connectivity index is 2.07. The van der Waals surface area contributed by atoms with E-state index >= 15 is 0 Å². The van der Waals surface area contributed by atoms with Gasteiger partial charge in [0.15, 0.2) is 0 Å². The molecular formula is C24H25N. The van der Waals surface area contributed by atoms with Gasteiger partial charge in [0.25, 0.3) is 0 Å². The molecule has 0 fully saturated rings. The second-order valence-corrected chi connectivity index (χ2v) is 6.71. The lowest BCUT2D eigenvalue weighted by molar-refractivity contribution is 0.866. The quantitative estimate of drug-likeness (QED) is 0.477. The standard InChI is InChI=1S/C24H25N/c1-5-20-8-14-23(15-9-20)25(22-12-6-19(4)7-13-22)24-16-10-21(11-17-24)18(2)3/h5-18H,1H2,2-4H3. The Morgan fingerprint density at radius 3 is 1.60 bits per heavy atom. The highest BCUT2D eigenvalue weighted by Gasteiger charge is 2.12. The van der Waals surface area contributed by atoms with Gasteiger partial charge in [-0.25, -0.2) is 0 Å². The van der Waals surface area contributed by atoms with Gasteiger partial charge >= 0.3 is 0 Å². The number of nitrogens with zero attached hydrogens (tertiary/aromatic N) is 1. The van der Waals surface area contributed by atoms with E-state index in [1.807, 2.05) is 6.08 Å². The molecule has 0 unspecified atom stereocenters. The molecule has 0 radical (unpaired) electrons. The van der Waals surface area contributed by atoms with Crippen molar-refractivity contribution in [3.8, 4) is 0 Å². The van der Waals surface area contributed by atoms with E-state index < -0.39 is 0 Å². The van der Waals surface area contributed by atoms with Gasteiger partial charge in [0, 0.05) is 17.1 Å². The van der Waals surface area contributed by atoms with Crippen molar-refractivity contribution < 1.29 is 0 Å². The fourth-order valence-corrected chi connectivity index (χ4v) is 2.91. The van der Waals surface area contributed by atoms with E-state index in [2.05, 4.69) is 105 Å². The number of anilines is 3. The molecule has 1 heteroatoms. The molecule has 3 rings (SSSR count). The van der Waals surface area contributed by atoms with E-state index in [0.29, 0.717) is 5.92 Å². The summed E-state index contributed by atoms with van der Waals surface area (Å²) in [4.78, 5) is 2.29. The third-order valence-electron chi connectivity index (χ3n) is 4.50. The van der Waals surface area contributed by atoms with Crippen LogP contribution in [0, 0.1) is 6.92 Å². The lowest BCUT2D eigenvalue weighted by atomic mass is 10.0. The zero-order chi connectivity index (χ0) is 17.8. The first-order chi connectivity index (χ1) is 12.1. The molecule has 3 aromatic rings. The predicted octanol–water partition coefficient (Wildman–Crippen LogP) is 7.23. The molecule has 0 aromatic heterocycles. The molecule has 0 atom stereocenters. The summed E-state index contributed by atoms with van der Waals surface area (Å²) >= 11 is 0. The Morgan fingerprint density at radius 2 is 1.16 bits per heavy atom. The number of rotatable bonds is 5. The highest BCUT2D eigenvalue weighted by Crippen LogP contribution is 2.35. The van der Waals surface area contributed by atoms with Gasteiger partial charge in [-0.1, -0.05) is 68.5 Å². The smallest absolute Gasteiger partial charge is 0.0462 e. The fraction of sp³-hybridized carbons (Fsp3) is 0.167. The summed E-state index contributed by atoms with van der Waals surface area (Å²) in [6, 6.07) is 26.0. The Labute approximate surface area is 151 Å². The summed E-state index contributed by atoms with van der Waals surface area (Å²) in [6.07, 6.45) is 1.87. The Morgan fingerprint density at radius 1 is 0.720 bits per heavy atom. The van der Waals surface area contributed by atoms with Crippen LogP contribution < -0.4 is 4.90 Å². The molecule has 0 N–H and O–H groups in total. The number of hydrogen-bond acceptors (Lipinski definition) is 1. The van der Waals surface area contributed by atoms with Crippen LogP contribution in [0.2, 0.25) is 0 Å². The van der Waals surface area contributed by atoms with Crippen LogP contribution in [0.5, 0.6) is 0 Å². The molecule has 25 heavy (non-hydrogen) atoms. The summed E-state index contributed by atoms with van der Waals surface area (Å²) in [5.41, 5.74) is 7.22. The summed E-state index contributed by atoms with van der Waals surface area (Å²) in [5.74, 6) is 0.536. The van der Waals surface area contributed by atoms with E-state index in [0.717, 1.165) is 16.9 Å². The van der Waals surface area contributed by atoms with Crippen molar-refractivity contribution in [1.29, 1.82) is 0 Å². The van der Waals surface area contributed by atoms with Gasteiger partial charge in [0.1, 0.15) is 0 Å². The van der Waals surface area contributed by atoms with Gasteiger partial charge in [-0.2, -0.15) is 0 Å². The second-order valence-electron chi connectivity index (χ2n) is 6.71. The van der Waals surface area contributed by atoms with Crippen molar-refractivity contribution in [3.63, 3.8) is 0 Å². The average molecular weight is 327 g/mol. The number of benzene rings is 3. The van der Waals surface area contributed by atoms with E-state index in [-0.39, 0.29) is 0 Å². The SMILES string of the molecule is C=Cc1ccc(N(c2ccc(C)cc2)c2ccc(C(C)C)cc2)cc1. The molecule has 0 heterocycles. The Kier molecular flexibility index (Phi) is 5.04. The third-order valence-corrected chi connectivity index (χ3v) is 4.50. The molecule has 0 saturated heterocycles. The predicted molar refractivity (Wildman–Crippen MR) is 110 cm³/mol. The van der Waals surface area contributed by atoms with E-state index in [1.165, 1.54) is 16.8 Å². The topological polar surface area (TPSA) is 3.24 Å². The fourth-order valence-electron chi connectivity index (χ4n) is 2.91. The average Bonchev–Trinajstić information content (AvgIpc) is 2.64. The van der Waals surface area contributed by atoms with Crippen molar-refractivity contribution in [2.45, 2.75) is 26.7 Å². The molecule has 0 aliphatic rings. The molecule has 0 bridgehead atoms. The van der Waals surface area contributed by atoms with Crippen LogP contribution in [-0.2, 0) is 0 Å².